The molecular weight excluding hydrogens is 462 g/mol. The van der Waals surface area contributed by atoms with Gasteiger partial charge in [0.25, 0.3) is 5.91 Å². The Morgan fingerprint density at radius 2 is 1.91 bits per heavy atom. The maximum atomic E-state index is 12.7. The van der Waals surface area contributed by atoms with Crippen molar-refractivity contribution in [3.05, 3.63) is 75.7 Å². The van der Waals surface area contributed by atoms with E-state index in [2.05, 4.69) is 22.2 Å². The average Bonchev–Trinajstić information content (AvgIpc) is 3.32. The van der Waals surface area contributed by atoms with Gasteiger partial charge in [0.05, 0.1) is 10.7 Å². The number of carbonyl (C=O) groups is 1. The van der Waals surface area contributed by atoms with Crippen LogP contribution >= 0.6 is 11.3 Å². The molecule has 0 spiro atoms. The summed E-state index contributed by atoms with van der Waals surface area (Å²) in [6, 6.07) is 15.6. The van der Waals surface area contributed by atoms with Crippen molar-refractivity contribution in [2.45, 2.75) is 39.0 Å². The molecule has 1 aliphatic rings. The first-order valence-corrected chi connectivity index (χ1v) is 12.9. The quantitative estimate of drug-likeness (QED) is 0.424. The minimum Gasteiger partial charge on any atom is -0.492 e. The Balaban J connectivity index is 1.23. The van der Waals surface area contributed by atoms with E-state index >= 15 is 0 Å². The summed E-state index contributed by atoms with van der Waals surface area (Å²) in [5.41, 5.74) is 2.43. The van der Waals surface area contributed by atoms with Crippen LogP contribution < -0.4 is 14.8 Å². The molecule has 186 valence electrons. The lowest BCUT2D eigenvalue weighted by Crippen LogP contribution is -2.38. The Labute approximate surface area is 211 Å². The fourth-order valence-electron chi connectivity index (χ4n) is 4.00. The molecule has 0 bridgehead atoms. The van der Waals surface area contributed by atoms with Gasteiger partial charge in [0.1, 0.15) is 24.7 Å². The molecule has 1 fully saturated rings. The number of aromatic nitrogens is 1. The molecule has 0 radical (unpaired) electrons. The SMILES string of the molecule is Cc1nc(COc2cccc(C(=O)NCc3cccc(OCCN(C)C4CCOCC4)c3)c2)cs1. The van der Waals surface area contributed by atoms with Gasteiger partial charge in [-0.15, -0.1) is 11.3 Å². The lowest BCUT2D eigenvalue weighted by molar-refractivity contribution is 0.0392. The summed E-state index contributed by atoms with van der Waals surface area (Å²) in [4.78, 5) is 19.5. The molecule has 1 N–H and O–H groups in total. The van der Waals surface area contributed by atoms with Crippen molar-refractivity contribution in [3.8, 4) is 11.5 Å². The highest BCUT2D eigenvalue weighted by Gasteiger charge is 2.18. The van der Waals surface area contributed by atoms with Gasteiger partial charge in [-0.1, -0.05) is 18.2 Å². The second kappa shape index (κ2) is 12.7. The van der Waals surface area contributed by atoms with E-state index in [1.807, 2.05) is 48.7 Å². The maximum absolute atomic E-state index is 12.7. The molecule has 1 aromatic heterocycles. The van der Waals surface area contributed by atoms with Crippen molar-refractivity contribution in [3.63, 3.8) is 0 Å². The average molecular weight is 496 g/mol. The van der Waals surface area contributed by atoms with Crippen molar-refractivity contribution >= 4 is 17.2 Å². The molecule has 1 saturated heterocycles. The van der Waals surface area contributed by atoms with Crippen molar-refractivity contribution < 1.29 is 19.0 Å². The molecule has 0 atom stereocenters. The van der Waals surface area contributed by atoms with Crippen LogP contribution in [0.25, 0.3) is 0 Å². The van der Waals surface area contributed by atoms with Gasteiger partial charge < -0.3 is 19.5 Å². The van der Waals surface area contributed by atoms with Crippen LogP contribution in [0.5, 0.6) is 11.5 Å². The first-order valence-electron chi connectivity index (χ1n) is 12.0. The molecule has 4 rings (SSSR count). The van der Waals surface area contributed by atoms with Gasteiger partial charge in [-0.2, -0.15) is 0 Å². The van der Waals surface area contributed by atoms with Crippen molar-refractivity contribution in [1.29, 1.82) is 0 Å². The number of aryl methyl sites for hydroxylation is 1. The van der Waals surface area contributed by atoms with Crippen LogP contribution in [0, 0.1) is 6.92 Å². The Morgan fingerprint density at radius 1 is 1.14 bits per heavy atom. The van der Waals surface area contributed by atoms with Gasteiger partial charge in [-0.3, -0.25) is 9.69 Å². The normalized spacial score (nSPS) is 14.1. The first kappa shape index (κ1) is 25.2. The number of likely N-dealkylation sites (N-methyl/N-ethyl adjacent to an activating group) is 1. The molecule has 3 aromatic rings. The second-order valence-electron chi connectivity index (χ2n) is 8.68. The highest BCUT2D eigenvalue weighted by atomic mass is 32.1. The zero-order valence-electron chi connectivity index (χ0n) is 20.4. The van der Waals surface area contributed by atoms with Crippen molar-refractivity contribution in [1.82, 2.24) is 15.2 Å². The fourth-order valence-corrected chi connectivity index (χ4v) is 4.60. The first-order chi connectivity index (χ1) is 17.1. The van der Waals surface area contributed by atoms with Crippen LogP contribution in [0.4, 0.5) is 0 Å². The predicted molar refractivity (Wildman–Crippen MR) is 137 cm³/mol. The minimum absolute atomic E-state index is 0.149. The zero-order valence-corrected chi connectivity index (χ0v) is 21.2. The fraction of sp³-hybridized carbons (Fsp3) is 0.407. The van der Waals surface area contributed by atoms with Crippen LogP contribution in [-0.4, -0.2) is 55.2 Å². The largest absolute Gasteiger partial charge is 0.492 e. The summed E-state index contributed by atoms with van der Waals surface area (Å²) in [5, 5.41) is 5.97. The lowest BCUT2D eigenvalue weighted by Gasteiger charge is -2.31. The number of hydrogen-bond acceptors (Lipinski definition) is 7. The number of ether oxygens (including phenoxy) is 3. The van der Waals surface area contributed by atoms with E-state index in [1.54, 1.807) is 23.5 Å². The Bertz CT molecular complexity index is 1100. The molecule has 35 heavy (non-hydrogen) atoms. The summed E-state index contributed by atoms with van der Waals surface area (Å²) in [6.45, 7) is 5.94. The lowest BCUT2D eigenvalue weighted by atomic mass is 10.1. The number of hydrogen-bond donors (Lipinski definition) is 1. The predicted octanol–water partition coefficient (Wildman–Crippen LogP) is 4.45. The molecule has 1 aliphatic heterocycles. The summed E-state index contributed by atoms with van der Waals surface area (Å²) >= 11 is 1.59. The number of thiazole rings is 1. The highest BCUT2D eigenvalue weighted by Crippen LogP contribution is 2.18. The third-order valence-electron chi connectivity index (χ3n) is 6.03. The van der Waals surface area contributed by atoms with Gasteiger partial charge >= 0.3 is 0 Å². The van der Waals surface area contributed by atoms with Crippen LogP contribution in [0.3, 0.4) is 0 Å². The molecule has 0 unspecified atom stereocenters. The molecule has 2 aromatic carbocycles. The number of amides is 1. The molecular formula is C27H33N3O4S. The van der Waals surface area contributed by atoms with Crippen LogP contribution in [0.1, 0.15) is 39.5 Å². The second-order valence-corrected chi connectivity index (χ2v) is 9.74. The van der Waals surface area contributed by atoms with Gasteiger partial charge in [-0.25, -0.2) is 4.98 Å². The zero-order chi connectivity index (χ0) is 24.5. The molecule has 2 heterocycles. The van der Waals surface area contributed by atoms with E-state index in [-0.39, 0.29) is 5.91 Å². The number of nitrogens with one attached hydrogen (secondary N) is 1. The van der Waals surface area contributed by atoms with Gasteiger partial charge in [-0.05, 0) is 62.7 Å². The van der Waals surface area contributed by atoms with Crippen molar-refractivity contribution in [2.24, 2.45) is 0 Å². The van der Waals surface area contributed by atoms with E-state index in [1.165, 1.54) is 0 Å². The van der Waals surface area contributed by atoms with E-state index in [4.69, 9.17) is 14.2 Å². The molecule has 8 heteroatoms. The van der Waals surface area contributed by atoms with E-state index < -0.39 is 0 Å². The van der Waals surface area contributed by atoms with E-state index in [0.29, 0.717) is 37.1 Å². The molecule has 7 nitrogen and oxygen atoms in total. The monoisotopic (exact) mass is 495 g/mol. The summed E-state index contributed by atoms with van der Waals surface area (Å²) in [7, 11) is 2.14. The Kier molecular flexibility index (Phi) is 9.11. The Morgan fingerprint density at radius 3 is 2.69 bits per heavy atom. The molecule has 0 saturated carbocycles. The summed E-state index contributed by atoms with van der Waals surface area (Å²) in [6.07, 6.45) is 2.15. The number of rotatable bonds is 11. The third-order valence-corrected chi connectivity index (χ3v) is 6.85. The number of benzene rings is 2. The van der Waals surface area contributed by atoms with E-state index in [9.17, 15) is 4.79 Å². The standard InChI is InChI=1S/C27H33N3O4S/c1-20-29-23(19-35-20)18-34-26-8-4-6-22(16-26)27(31)28-17-21-5-3-7-25(15-21)33-14-11-30(2)24-9-12-32-13-10-24/h3-8,15-16,19,24H,9-14,17-18H2,1-2H3,(H,28,31). The summed E-state index contributed by atoms with van der Waals surface area (Å²) < 4.78 is 17.2. The van der Waals surface area contributed by atoms with Crippen LogP contribution in [0.15, 0.2) is 53.9 Å². The van der Waals surface area contributed by atoms with E-state index in [0.717, 1.165) is 54.6 Å². The molecule has 1 amide bonds. The van der Waals surface area contributed by atoms with Gasteiger partial charge in [0.2, 0.25) is 0 Å². The van der Waals surface area contributed by atoms with Crippen molar-refractivity contribution in [2.75, 3.05) is 33.4 Å². The van der Waals surface area contributed by atoms with Gasteiger partial charge in [0.15, 0.2) is 0 Å². The smallest absolute Gasteiger partial charge is 0.251 e. The van der Waals surface area contributed by atoms with Gasteiger partial charge in [0, 0.05) is 43.3 Å². The summed E-state index contributed by atoms with van der Waals surface area (Å²) in [5.74, 6) is 1.30. The number of nitrogens with zero attached hydrogens (tertiary/aromatic N) is 2. The number of carbonyl (C=O) groups excluding carboxylic acids is 1. The van der Waals surface area contributed by atoms with Crippen LogP contribution in [0.2, 0.25) is 0 Å². The third kappa shape index (κ3) is 7.78. The maximum Gasteiger partial charge on any atom is 0.251 e. The van der Waals surface area contributed by atoms with Crippen LogP contribution in [-0.2, 0) is 17.9 Å². The Hall–Kier alpha value is -2.94. The highest BCUT2D eigenvalue weighted by molar-refractivity contribution is 7.09. The minimum atomic E-state index is -0.149. The molecule has 0 aliphatic carbocycles. The topological polar surface area (TPSA) is 72.9 Å².